The third kappa shape index (κ3) is 2.57. The van der Waals surface area contributed by atoms with Gasteiger partial charge in [-0.1, -0.05) is 25.3 Å². The van der Waals surface area contributed by atoms with Gasteiger partial charge in [0.2, 0.25) is 6.41 Å². The van der Waals surface area contributed by atoms with Crippen molar-refractivity contribution in [2.45, 2.75) is 13.0 Å². The molecule has 0 aliphatic carbocycles. The molecule has 0 spiro atoms. The molecule has 0 saturated heterocycles. The summed E-state index contributed by atoms with van der Waals surface area (Å²) in [6.45, 7) is 9.58. The highest BCUT2D eigenvalue weighted by atomic mass is 16.1. The molecule has 0 aromatic carbocycles. The van der Waals surface area contributed by atoms with Crippen molar-refractivity contribution in [1.29, 1.82) is 0 Å². The number of hydrazine groups is 1. The third-order valence-electron chi connectivity index (χ3n) is 2.09. The van der Waals surface area contributed by atoms with Gasteiger partial charge in [-0.2, -0.15) is 0 Å². The monoisotopic (exact) mass is 205 g/mol. The molecule has 4 heteroatoms. The molecule has 3 N–H and O–H groups in total. The van der Waals surface area contributed by atoms with Gasteiger partial charge in [-0.15, -0.1) is 0 Å². The van der Waals surface area contributed by atoms with Gasteiger partial charge in [0.1, 0.15) is 0 Å². The van der Waals surface area contributed by atoms with Crippen LogP contribution < -0.4 is 11.2 Å². The zero-order valence-corrected chi connectivity index (χ0v) is 8.73. The van der Waals surface area contributed by atoms with Crippen LogP contribution in [0, 0.1) is 0 Å². The van der Waals surface area contributed by atoms with Gasteiger partial charge in [-0.05, 0) is 12.5 Å². The summed E-state index contributed by atoms with van der Waals surface area (Å²) in [5, 5.41) is 4.09. The van der Waals surface area contributed by atoms with Crippen molar-refractivity contribution in [3.05, 3.63) is 48.4 Å². The molecule has 0 bridgehead atoms. The Kier molecular flexibility index (Phi) is 3.46. The lowest BCUT2D eigenvalue weighted by Gasteiger charge is -2.24. The fraction of sp³-hybridized carbons (Fsp3) is 0.182. The van der Waals surface area contributed by atoms with Gasteiger partial charge in [0, 0.05) is 23.5 Å². The summed E-state index contributed by atoms with van der Waals surface area (Å²) in [7, 11) is 0. The highest BCUT2D eigenvalue weighted by Gasteiger charge is 2.15. The van der Waals surface area contributed by atoms with E-state index in [1.54, 1.807) is 6.08 Å². The largest absolute Gasteiger partial charge is 0.379 e. The number of carbonyl (C=O) groups is 1. The SMILES string of the molecule is C=CC1=CC(C)NC(=C)/C1=C\N(N)C=O. The maximum absolute atomic E-state index is 10.4. The van der Waals surface area contributed by atoms with E-state index < -0.39 is 0 Å². The van der Waals surface area contributed by atoms with Crippen LogP contribution in [0.2, 0.25) is 0 Å². The van der Waals surface area contributed by atoms with Crippen molar-refractivity contribution in [3.8, 4) is 0 Å². The topological polar surface area (TPSA) is 58.4 Å². The van der Waals surface area contributed by atoms with Gasteiger partial charge < -0.3 is 5.32 Å². The van der Waals surface area contributed by atoms with Gasteiger partial charge in [-0.25, -0.2) is 5.84 Å². The molecule has 1 rings (SSSR count). The molecule has 1 aliphatic rings. The summed E-state index contributed by atoms with van der Waals surface area (Å²) in [5.74, 6) is 5.38. The molecule has 1 amide bonds. The molecule has 0 radical (unpaired) electrons. The van der Waals surface area contributed by atoms with Crippen LogP contribution in [0.3, 0.4) is 0 Å². The fourth-order valence-corrected chi connectivity index (χ4v) is 1.44. The molecule has 80 valence electrons. The maximum Gasteiger partial charge on any atom is 0.227 e. The maximum atomic E-state index is 10.4. The van der Waals surface area contributed by atoms with Crippen molar-refractivity contribution in [1.82, 2.24) is 10.3 Å². The zero-order valence-electron chi connectivity index (χ0n) is 8.73. The van der Waals surface area contributed by atoms with Gasteiger partial charge in [0.05, 0.1) is 0 Å². The van der Waals surface area contributed by atoms with Crippen LogP contribution in [0.1, 0.15) is 6.92 Å². The molecule has 1 unspecified atom stereocenters. The zero-order chi connectivity index (χ0) is 11.4. The minimum atomic E-state index is 0.199. The number of allylic oxidation sites excluding steroid dienone is 2. The quantitative estimate of drug-likeness (QED) is 0.310. The number of nitrogens with two attached hydrogens (primary N) is 1. The molecule has 15 heavy (non-hydrogen) atoms. The average Bonchev–Trinajstić information content (AvgIpc) is 2.21. The number of rotatable bonds is 3. The summed E-state index contributed by atoms with van der Waals surface area (Å²) in [5.41, 5.74) is 2.43. The molecule has 1 atom stereocenters. The van der Waals surface area contributed by atoms with Crippen LogP contribution in [-0.2, 0) is 4.79 Å². The Morgan fingerprint density at radius 1 is 1.67 bits per heavy atom. The van der Waals surface area contributed by atoms with Crippen molar-refractivity contribution in [3.63, 3.8) is 0 Å². The van der Waals surface area contributed by atoms with Crippen LogP contribution in [0.5, 0.6) is 0 Å². The normalized spacial score (nSPS) is 23.1. The smallest absolute Gasteiger partial charge is 0.227 e. The number of nitrogens with zero attached hydrogens (tertiary/aromatic N) is 1. The van der Waals surface area contributed by atoms with Gasteiger partial charge in [0.15, 0.2) is 0 Å². The van der Waals surface area contributed by atoms with Crippen molar-refractivity contribution < 1.29 is 4.79 Å². The minimum Gasteiger partial charge on any atom is -0.379 e. The van der Waals surface area contributed by atoms with E-state index in [-0.39, 0.29) is 6.04 Å². The third-order valence-corrected chi connectivity index (χ3v) is 2.09. The van der Waals surface area contributed by atoms with Crippen molar-refractivity contribution in [2.75, 3.05) is 0 Å². The highest BCUT2D eigenvalue weighted by Crippen LogP contribution is 2.22. The van der Waals surface area contributed by atoms with Crippen LogP contribution in [0.4, 0.5) is 0 Å². The molecular formula is C11H15N3O. The second-order valence-corrected chi connectivity index (χ2v) is 3.33. The van der Waals surface area contributed by atoms with E-state index in [1.165, 1.54) is 6.20 Å². The van der Waals surface area contributed by atoms with Crippen molar-refractivity contribution in [2.24, 2.45) is 5.84 Å². The fourth-order valence-electron chi connectivity index (χ4n) is 1.44. The Hall–Kier alpha value is -1.81. The Labute approximate surface area is 89.4 Å². The Morgan fingerprint density at radius 2 is 2.33 bits per heavy atom. The number of nitrogens with one attached hydrogen (secondary N) is 1. The van der Waals surface area contributed by atoms with E-state index >= 15 is 0 Å². The molecule has 0 saturated carbocycles. The first-order valence-corrected chi connectivity index (χ1v) is 4.59. The first-order chi connectivity index (χ1) is 7.08. The number of amides is 1. The summed E-state index contributed by atoms with van der Waals surface area (Å²) >= 11 is 0. The minimum absolute atomic E-state index is 0.199. The van der Waals surface area contributed by atoms with E-state index in [4.69, 9.17) is 5.84 Å². The summed E-state index contributed by atoms with van der Waals surface area (Å²) in [4.78, 5) is 10.4. The average molecular weight is 205 g/mol. The Bertz CT molecular complexity index is 355. The van der Waals surface area contributed by atoms with E-state index in [0.717, 1.165) is 21.9 Å². The van der Waals surface area contributed by atoms with Crippen LogP contribution in [0.25, 0.3) is 0 Å². The summed E-state index contributed by atoms with van der Waals surface area (Å²) < 4.78 is 0. The standard InChI is InChI=1S/C11H15N3O/c1-4-10-5-8(2)13-9(3)11(10)6-14(12)7-15/h4-8,13H,1,3,12H2,2H3/b11-6+. The lowest BCUT2D eigenvalue weighted by Crippen LogP contribution is -2.31. The van der Waals surface area contributed by atoms with E-state index in [1.807, 2.05) is 13.0 Å². The van der Waals surface area contributed by atoms with Gasteiger partial charge in [-0.3, -0.25) is 9.80 Å². The number of hydrogen-bond donors (Lipinski definition) is 2. The predicted molar refractivity (Wildman–Crippen MR) is 60.2 cm³/mol. The Morgan fingerprint density at radius 3 is 2.87 bits per heavy atom. The molecule has 1 aliphatic heterocycles. The van der Waals surface area contributed by atoms with Crippen LogP contribution in [-0.4, -0.2) is 17.5 Å². The molecule has 1 heterocycles. The van der Waals surface area contributed by atoms with Crippen LogP contribution >= 0.6 is 0 Å². The molecule has 0 aromatic heterocycles. The predicted octanol–water partition coefficient (Wildman–Crippen LogP) is 0.820. The highest BCUT2D eigenvalue weighted by molar-refractivity contribution is 5.56. The van der Waals surface area contributed by atoms with E-state index in [2.05, 4.69) is 18.5 Å². The van der Waals surface area contributed by atoms with E-state index in [9.17, 15) is 4.79 Å². The number of carbonyl (C=O) groups excluding carboxylic acids is 1. The van der Waals surface area contributed by atoms with E-state index in [0.29, 0.717) is 6.41 Å². The second kappa shape index (κ2) is 4.61. The first kappa shape index (κ1) is 11.3. The van der Waals surface area contributed by atoms with Crippen LogP contribution in [0.15, 0.2) is 48.4 Å². The Balaban J connectivity index is 3.09. The second-order valence-electron chi connectivity index (χ2n) is 3.33. The van der Waals surface area contributed by atoms with Gasteiger partial charge >= 0.3 is 0 Å². The molecule has 4 nitrogen and oxygen atoms in total. The molecule has 0 fully saturated rings. The first-order valence-electron chi connectivity index (χ1n) is 4.59. The lowest BCUT2D eigenvalue weighted by atomic mass is 9.97. The molecular weight excluding hydrogens is 190 g/mol. The van der Waals surface area contributed by atoms with Crippen molar-refractivity contribution >= 4 is 6.41 Å². The van der Waals surface area contributed by atoms with Gasteiger partial charge in [0.25, 0.3) is 0 Å². The number of hydrogen-bond acceptors (Lipinski definition) is 3. The summed E-state index contributed by atoms with van der Waals surface area (Å²) in [6.07, 6.45) is 5.75. The molecule has 0 aromatic rings. The summed E-state index contributed by atoms with van der Waals surface area (Å²) in [6, 6.07) is 0.199. The lowest BCUT2D eigenvalue weighted by molar-refractivity contribution is -0.116.